The molecule has 0 saturated carbocycles. The Balaban J connectivity index is 3.08. The SMILES string of the molecule is CCCCCCCCCCCCCCCCCCCCCCCCCCC=C(C)C(N)=O. The van der Waals surface area contributed by atoms with Gasteiger partial charge in [-0.1, -0.05) is 161 Å². The lowest BCUT2D eigenvalue weighted by Gasteiger charge is -2.04. The zero-order chi connectivity index (χ0) is 23.5. The van der Waals surface area contributed by atoms with Crippen molar-refractivity contribution in [1.29, 1.82) is 0 Å². The molecular formula is C30H59NO. The molecule has 0 atom stereocenters. The van der Waals surface area contributed by atoms with Crippen LogP contribution in [0.3, 0.4) is 0 Å². The molecule has 0 aliphatic heterocycles. The third-order valence-corrected chi connectivity index (χ3v) is 6.90. The molecule has 0 unspecified atom stereocenters. The second-order valence-corrected chi connectivity index (χ2v) is 10.2. The highest BCUT2D eigenvalue weighted by Gasteiger charge is 1.97. The summed E-state index contributed by atoms with van der Waals surface area (Å²) >= 11 is 0. The quantitative estimate of drug-likeness (QED) is 0.103. The predicted molar refractivity (Wildman–Crippen MR) is 144 cm³/mol. The highest BCUT2D eigenvalue weighted by molar-refractivity contribution is 5.91. The van der Waals surface area contributed by atoms with Crippen LogP contribution in [0.2, 0.25) is 0 Å². The van der Waals surface area contributed by atoms with Gasteiger partial charge in [-0.2, -0.15) is 0 Å². The third-order valence-electron chi connectivity index (χ3n) is 6.90. The van der Waals surface area contributed by atoms with Gasteiger partial charge in [0.25, 0.3) is 0 Å². The van der Waals surface area contributed by atoms with Crippen LogP contribution in [0, 0.1) is 0 Å². The van der Waals surface area contributed by atoms with E-state index >= 15 is 0 Å². The summed E-state index contributed by atoms with van der Waals surface area (Å²) in [4.78, 5) is 10.9. The maximum atomic E-state index is 10.9. The second kappa shape index (κ2) is 26.5. The summed E-state index contributed by atoms with van der Waals surface area (Å²) in [6.45, 7) is 4.10. The van der Waals surface area contributed by atoms with E-state index in [4.69, 9.17) is 5.73 Å². The number of unbranched alkanes of at least 4 members (excludes halogenated alkanes) is 24. The van der Waals surface area contributed by atoms with Crippen molar-refractivity contribution in [2.24, 2.45) is 5.73 Å². The number of hydrogen-bond donors (Lipinski definition) is 1. The number of allylic oxidation sites excluding steroid dienone is 1. The Morgan fingerprint density at radius 2 is 0.750 bits per heavy atom. The fourth-order valence-corrected chi connectivity index (χ4v) is 4.53. The number of rotatable bonds is 26. The predicted octanol–water partition coefficient (Wildman–Crippen LogP) is 10.2. The topological polar surface area (TPSA) is 43.1 Å². The molecule has 2 N–H and O–H groups in total. The number of carbonyl (C=O) groups is 1. The van der Waals surface area contributed by atoms with E-state index in [0.29, 0.717) is 5.57 Å². The summed E-state index contributed by atoms with van der Waals surface area (Å²) in [5.74, 6) is -0.283. The molecule has 0 saturated heterocycles. The summed E-state index contributed by atoms with van der Waals surface area (Å²) in [6.07, 6.45) is 37.2. The van der Waals surface area contributed by atoms with E-state index in [0.717, 1.165) is 6.42 Å². The van der Waals surface area contributed by atoms with Gasteiger partial charge in [-0.25, -0.2) is 0 Å². The van der Waals surface area contributed by atoms with E-state index in [-0.39, 0.29) is 5.91 Å². The Morgan fingerprint density at radius 1 is 0.500 bits per heavy atom. The molecule has 32 heavy (non-hydrogen) atoms. The van der Waals surface area contributed by atoms with Crippen LogP contribution in [0.5, 0.6) is 0 Å². The van der Waals surface area contributed by atoms with E-state index in [1.54, 1.807) is 0 Å². The zero-order valence-corrected chi connectivity index (χ0v) is 22.2. The molecule has 0 aliphatic rings. The standard InChI is InChI=1S/C30H59NO/c1-3-4-5-6-7-8-9-10-11-12-13-14-15-16-17-18-19-20-21-22-23-24-25-26-27-28-29(2)30(31)32/h28H,3-27H2,1-2H3,(H2,31,32). The Hall–Kier alpha value is -0.790. The molecule has 0 bridgehead atoms. The van der Waals surface area contributed by atoms with Crippen molar-refractivity contribution >= 4 is 5.91 Å². The normalized spacial score (nSPS) is 11.9. The monoisotopic (exact) mass is 449 g/mol. The van der Waals surface area contributed by atoms with Crippen molar-refractivity contribution in [1.82, 2.24) is 0 Å². The smallest absolute Gasteiger partial charge is 0.244 e. The van der Waals surface area contributed by atoms with Crippen LogP contribution in [0.15, 0.2) is 11.6 Å². The maximum Gasteiger partial charge on any atom is 0.244 e. The van der Waals surface area contributed by atoms with Crippen LogP contribution in [0.4, 0.5) is 0 Å². The van der Waals surface area contributed by atoms with Gasteiger partial charge < -0.3 is 5.73 Å². The summed E-state index contributed by atoms with van der Waals surface area (Å²) in [7, 11) is 0. The lowest BCUT2D eigenvalue weighted by molar-refractivity contribution is -0.114. The van der Waals surface area contributed by atoms with Gasteiger partial charge >= 0.3 is 0 Å². The Labute approximate surface area is 202 Å². The molecule has 2 nitrogen and oxygen atoms in total. The Morgan fingerprint density at radius 3 is 1.00 bits per heavy atom. The lowest BCUT2D eigenvalue weighted by Crippen LogP contribution is -2.11. The van der Waals surface area contributed by atoms with Crippen molar-refractivity contribution in [3.8, 4) is 0 Å². The van der Waals surface area contributed by atoms with Crippen LogP contribution in [-0.2, 0) is 4.79 Å². The second-order valence-electron chi connectivity index (χ2n) is 10.2. The first-order valence-corrected chi connectivity index (χ1v) is 14.6. The maximum absolute atomic E-state index is 10.9. The average Bonchev–Trinajstić information content (AvgIpc) is 2.78. The summed E-state index contributed by atoms with van der Waals surface area (Å²) < 4.78 is 0. The lowest BCUT2D eigenvalue weighted by atomic mass is 10.0. The zero-order valence-electron chi connectivity index (χ0n) is 22.2. The van der Waals surface area contributed by atoms with Crippen molar-refractivity contribution < 1.29 is 4.79 Å². The van der Waals surface area contributed by atoms with Crippen molar-refractivity contribution in [2.75, 3.05) is 0 Å². The van der Waals surface area contributed by atoms with Crippen LogP contribution in [-0.4, -0.2) is 5.91 Å². The average molecular weight is 450 g/mol. The first kappa shape index (κ1) is 31.2. The van der Waals surface area contributed by atoms with Gasteiger partial charge in [0.05, 0.1) is 0 Å². The molecule has 0 aromatic heterocycles. The first-order chi connectivity index (χ1) is 15.7. The van der Waals surface area contributed by atoms with Crippen LogP contribution in [0.25, 0.3) is 0 Å². The van der Waals surface area contributed by atoms with Crippen molar-refractivity contribution in [3.63, 3.8) is 0 Å². The van der Waals surface area contributed by atoms with Gasteiger partial charge in [0.15, 0.2) is 0 Å². The van der Waals surface area contributed by atoms with E-state index < -0.39 is 0 Å². The number of carbonyl (C=O) groups excluding carboxylic acids is 1. The van der Waals surface area contributed by atoms with E-state index in [9.17, 15) is 4.79 Å². The first-order valence-electron chi connectivity index (χ1n) is 14.6. The van der Waals surface area contributed by atoms with Gasteiger partial charge in [0, 0.05) is 5.57 Å². The number of hydrogen-bond acceptors (Lipinski definition) is 1. The van der Waals surface area contributed by atoms with Crippen LogP contribution < -0.4 is 5.73 Å². The molecule has 0 aliphatic carbocycles. The molecule has 190 valence electrons. The molecule has 0 fully saturated rings. The summed E-state index contributed by atoms with van der Waals surface area (Å²) in [5, 5.41) is 0. The fraction of sp³-hybridized carbons (Fsp3) is 0.900. The minimum Gasteiger partial charge on any atom is -0.366 e. The number of nitrogens with two attached hydrogens (primary N) is 1. The largest absolute Gasteiger partial charge is 0.366 e. The van der Waals surface area contributed by atoms with Gasteiger partial charge in [-0.3, -0.25) is 4.79 Å². The summed E-state index contributed by atoms with van der Waals surface area (Å²) in [5.41, 5.74) is 5.94. The molecule has 0 aromatic carbocycles. The number of amides is 1. The molecule has 0 rings (SSSR count). The minimum absolute atomic E-state index is 0.283. The molecule has 0 heterocycles. The minimum atomic E-state index is -0.283. The molecule has 2 heteroatoms. The molecule has 1 amide bonds. The highest BCUT2D eigenvalue weighted by Crippen LogP contribution is 2.15. The van der Waals surface area contributed by atoms with E-state index in [1.165, 1.54) is 154 Å². The summed E-state index contributed by atoms with van der Waals surface area (Å²) in [6, 6.07) is 0. The van der Waals surface area contributed by atoms with Gasteiger partial charge in [-0.05, 0) is 19.8 Å². The molecular weight excluding hydrogens is 390 g/mol. The van der Waals surface area contributed by atoms with Gasteiger partial charge in [0.1, 0.15) is 0 Å². The van der Waals surface area contributed by atoms with Crippen LogP contribution in [0.1, 0.15) is 174 Å². The Bertz CT molecular complexity index is 415. The van der Waals surface area contributed by atoms with E-state index in [1.807, 2.05) is 13.0 Å². The van der Waals surface area contributed by atoms with Gasteiger partial charge in [-0.15, -0.1) is 0 Å². The van der Waals surface area contributed by atoms with Crippen molar-refractivity contribution in [3.05, 3.63) is 11.6 Å². The molecule has 0 radical (unpaired) electrons. The van der Waals surface area contributed by atoms with Gasteiger partial charge in [0.2, 0.25) is 5.91 Å². The fourth-order valence-electron chi connectivity index (χ4n) is 4.53. The Kier molecular flexibility index (Phi) is 25.8. The molecule has 0 aromatic rings. The third kappa shape index (κ3) is 25.5. The number of primary amides is 1. The molecule has 0 spiro atoms. The van der Waals surface area contributed by atoms with Crippen LogP contribution >= 0.6 is 0 Å². The van der Waals surface area contributed by atoms with Crippen molar-refractivity contribution in [2.45, 2.75) is 174 Å². The van der Waals surface area contributed by atoms with E-state index in [2.05, 4.69) is 6.92 Å². The highest BCUT2D eigenvalue weighted by atomic mass is 16.1.